The van der Waals surface area contributed by atoms with Gasteiger partial charge >= 0.3 is 0 Å². The molecule has 5 nitrogen and oxygen atoms in total. The highest BCUT2D eigenvalue weighted by atomic mass is 32.2. The molecule has 23 heavy (non-hydrogen) atoms. The second kappa shape index (κ2) is 6.16. The molecule has 0 saturated carbocycles. The SMILES string of the molecule is Cc1cccc(S(=O)(=O)N2CCC3(CC2)CC(N(C)C)CO3)c1. The molecule has 2 aliphatic heterocycles. The second-order valence-electron chi connectivity index (χ2n) is 7.04. The van der Waals surface area contributed by atoms with Gasteiger partial charge in [-0.25, -0.2) is 8.42 Å². The van der Waals surface area contributed by atoms with Gasteiger partial charge in [-0.1, -0.05) is 12.1 Å². The van der Waals surface area contributed by atoms with E-state index in [2.05, 4.69) is 19.0 Å². The van der Waals surface area contributed by atoms with Crippen LogP contribution in [0.3, 0.4) is 0 Å². The number of sulfonamides is 1. The molecule has 1 atom stereocenters. The van der Waals surface area contributed by atoms with Gasteiger partial charge in [-0.3, -0.25) is 0 Å². The normalized spacial score (nSPS) is 25.3. The molecule has 0 radical (unpaired) electrons. The van der Waals surface area contributed by atoms with E-state index in [1.54, 1.807) is 22.5 Å². The highest BCUT2D eigenvalue weighted by Crippen LogP contribution is 2.38. The first-order valence-corrected chi connectivity index (χ1v) is 9.64. The molecule has 3 rings (SSSR count). The molecule has 0 aromatic heterocycles. The first-order chi connectivity index (χ1) is 10.8. The van der Waals surface area contributed by atoms with E-state index in [1.807, 2.05) is 13.0 Å². The van der Waals surface area contributed by atoms with Gasteiger partial charge in [0, 0.05) is 19.1 Å². The van der Waals surface area contributed by atoms with Crippen LogP contribution in [-0.4, -0.2) is 63.1 Å². The van der Waals surface area contributed by atoms with E-state index in [4.69, 9.17) is 4.74 Å². The molecule has 1 aromatic rings. The Labute approximate surface area is 139 Å². The first-order valence-electron chi connectivity index (χ1n) is 8.20. The van der Waals surface area contributed by atoms with Crippen LogP contribution in [0.5, 0.6) is 0 Å². The third-order valence-electron chi connectivity index (χ3n) is 5.18. The summed E-state index contributed by atoms with van der Waals surface area (Å²) in [5.41, 5.74) is 0.834. The summed E-state index contributed by atoms with van der Waals surface area (Å²) in [5, 5.41) is 0. The average molecular weight is 338 g/mol. The van der Waals surface area contributed by atoms with Crippen LogP contribution in [0.4, 0.5) is 0 Å². The fraction of sp³-hybridized carbons (Fsp3) is 0.647. The summed E-state index contributed by atoms with van der Waals surface area (Å²) in [7, 11) is 0.754. The van der Waals surface area contributed by atoms with Crippen LogP contribution in [0.2, 0.25) is 0 Å². The molecule has 2 saturated heterocycles. The lowest BCUT2D eigenvalue weighted by atomic mass is 9.88. The summed E-state index contributed by atoms with van der Waals surface area (Å²) in [5.74, 6) is 0. The summed E-state index contributed by atoms with van der Waals surface area (Å²) in [6.07, 6.45) is 2.56. The minimum absolute atomic E-state index is 0.131. The molecule has 0 aliphatic carbocycles. The molecule has 6 heteroatoms. The number of hydrogen-bond acceptors (Lipinski definition) is 4. The standard InChI is InChI=1S/C17H26N2O3S/c1-14-5-4-6-16(11-14)23(20,21)19-9-7-17(8-10-19)12-15(13-22-17)18(2)3/h4-6,11,15H,7-10,12-13H2,1-3H3. The van der Waals surface area contributed by atoms with Gasteiger partial charge in [-0.15, -0.1) is 0 Å². The van der Waals surface area contributed by atoms with Crippen molar-refractivity contribution in [2.75, 3.05) is 33.8 Å². The molecule has 2 heterocycles. The van der Waals surface area contributed by atoms with E-state index in [9.17, 15) is 8.42 Å². The van der Waals surface area contributed by atoms with Crippen LogP contribution in [0.1, 0.15) is 24.8 Å². The fourth-order valence-electron chi connectivity index (χ4n) is 3.56. The van der Waals surface area contributed by atoms with E-state index in [-0.39, 0.29) is 5.60 Å². The zero-order valence-corrected chi connectivity index (χ0v) is 15.0. The number of piperidine rings is 1. The maximum atomic E-state index is 12.8. The predicted octanol–water partition coefficient (Wildman–Crippen LogP) is 1.87. The zero-order valence-electron chi connectivity index (χ0n) is 14.2. The van der Waals surface area contributed by atoms with Crippen LogP contribution in [0.15, 0.2) is 29.2 Å². The minimum Gasteiger partial charge on any atom is -0.373 e. The Morgan fingerprint density at radius 3 is 2.52 bits per heavy atom. The minimum atomic E-state index is -3.39. The monoisotopic (exact) mass is 338 g/mol. The van der Waals surface area contributed by atoms with Crippen molar-refractivity contribution in [2.24, 2.45) is 0 Å². The fourth-order valence-corrected chi connectivity index (χ4v) is 5.11. The lowest BCUT2D eigenvalue weighted by Crippen LogP contribution is -2.46. The van der Waals surface area contributed by atoms with Crippen LogP contribution in [-0.2, 0) is 14.8 Å². The summed E-state index contributed by atoms with van der Waals surface area (Å²) in [6.45, 7) is 3.74. The Morgan fingerprint density at radius 1 is 1.26 bits per heavy atom. The first kappa shape index (κ1) is 16.9. The van der Waals surface area contributed by atoms with Crippen molar-refractivity contribution in [3.63, 3.8) is 0 Å². The van der Waals surface area contributed by atoms with Crippen molar-refractivity contribution in [3.8, 4) is 0 Å². The van der Waals surface area contributed by atoms with Crippen molar-refractivity contribution >= 4 is 10.0 Å². The Hall–Kier alpha value is -0.950. The number of ether oxygens (including phenoxy) is 1. The van der Waals surface area contributed by atoms with Crippen LogP contribution < -0.4 is 0 Å². The Balaban J connectivity index is 1.70. The molecule has 0 N–H and O–H groups in total. The van der Waals surface area contributed by atoms with Crippen molar-refractivity contribution in [2.45, 2.75) is 42.7 Å². The van der Waals surface area contributed by atoms with Crippen LogP contribution in [0.25, 0.3) is 0 Å². The van der Waals surface area contributed by atoms with E-state index in [0.29, 0.717) is 24.0 Å². The number of hydrogen-bond donors (Lipinski definition) is 0. The van der Waals surface area contributed by atoms with Crippen molar-refractivity contribution in [1.29, 1.82) is 0 Å². The quantitative estimate of drug-likeness (QED) is 0.844. The average Bonchev–Trinajstić information content (AvgIpc) is 2.92. The van der Waals surface area contributed by atoms with Gasteiger partial charge in [0.2, 0.25) is 10.0 Å². The number of likely N-dealkylation sites (N-methyl/N-ethyl adjacent to an activating group) is 1. The number of benzene rings is 1. The third kappa shape index (κ3) is 3.31. The van der Waals surface area contributed by atoms with E-state index >= 15 is 0 Å². The highest BCUT2D eigenvalue weighted by Gasteiger charge is 2.45. The molecule has 0 bridgehead atoms. The van der Waals surface area contributed by atoms with Gasteiger partial charge in [0.25, 0.3) is 0 Å². The highest BCUT2D eigenvalue weighted by molar-refractivity contribution is 7.89. The third-order valence-corrected chi connectivity index (χ3v) is 7.08. The Bertz CT molecular complexity index is 664. The van der Waals surface area contributed by atoms with Crippen molar-refractivity contribution in [1.82, 2.24) is 9.21 Å². The topological polar surface area (TPSA) is 49.9 Å². The largest absolute Gasteiger partial charge is 0.373 e. The summed E-state index contributed by atoms with van der Waals surface area (Å²) in [6, 6.07) is 7.58. The van der Waals surface area contributed by atoms with Gasteiger partial charge in [0.05, 0.1) is 17.1 Å². The number of nitrogens with zero attached hydrogens (tertiary/aromatic N) is 2. The van der Waals surface area contributed by atoms with Gasteiger partial charge < -0.3 is 9.64 Å². The van der Waals surface area contributed by atoms with Gasteiger partial charge in [-0.05, 0) is 58.0 Å². The molecular formula is C17H26N2O3S. The number of aryl methyl sites for hydroxylation is 1. The Kier molecular flexibility index (Phi) is 4.53. The van der Waals surface area contributed by atoms with E-state index < -0.39 is 10.0 Å². The predicted molar refractivity (Wildman–Crippen MR) is 89.9 cm³/mol. The molecule has 1 unspecified atom stereocenters. The molecular weight excluding hydrogens is 312 g/mol. The number of rotatable bonds is 3. The molecule has 1 spiro atoms. The summed E-state index contributed by atoms with van der Waals surface area (Å²) >= 11 is 0. The molecule has 128 valence electrons. The zero-order chi connectivity index (χ0) is 16.7. The van der Waals surface area contributed by atoms with Crippen molar-refractivity contribution < 1.29 is 13.2 Å². The van der Waals surface area contributed by atoms with Crippen molar-refractivity contribution in [3.05, 3.63) is 29.8 Å². The van der Waals surface area contributed by atoms with Crippen LogP contribution >= 0.6 is 0 Å². The molecule has 1 aromatic carbocycles. The molecule has 2 fully saturated rings. The molecule has 0 amide bonds. The lowest BCUT2D eigenvalue weighted by Gasteiger charge is -2.38. The summed E-state index contributed by atoms with van der Waals surface area (Å²) < 4.78 is 33.3. The van der Waals surface area contributed by atoms with E-state index in [0.717, 1.165) is 31.4 Å². The Morgan fingerprint density at radius 2 is 1.96 bits per heavy atom. The molecule has 2 aliphatic rings. The van der Waals surface area contributed by atoms with Gasteiger partial charge in [0.15, 0.2) is 0 Å². The van der Waals surface area contributed by atoms with Gasteiger partial charge in [-0.2, -0.15) is 4.31 Å². The van der Waals surface area contributed by atoms with Crippen LogP contribution in [0, 0.1) is 6.92 Å². The van der Waals surface area contributed by atoms with Gasteiger partial charge in [0.1, 0.15) is 0 Å². The second-order valence-corrected chi connectivity index (χ2v) is 8.97. The smallest absolute Gasteiger partial charge is 0.243 e. The van der Waals surface area contributed by atoms with E-state index in [1.165, 1.54) is 0 Å². The maximum Gasteiger partial charge on any atom is 0.243 e. The lowest BCUT2D eigenvalue weighted by molar-refractivity contribution is -0.0315. The summed E-state index contributed by atoms with van der Waals surface area (Å²) in [4.78, 5) is 2.59. The maximum absolute atomic E-state index is 12.8.